The molecule has 8 nitrogen and oxygen atoms in total. The molecule has 9 heteroatoms. The third-order valence-electron chi connectivity index (χ3n) is 7.76. The van der Waals surface area contributed by atoms with Crippen LogP contribution in [0.4, 0.5) is 0 Å². The van der Waals surface area contributed by atoms with Gasteiger partial charge in [-0.25, -0.2) is 4.57 Å². The largest absolute Gasteiger partial charge is 0.472 e. The molecule has 3 N–H and O–H groups in total. The number of rotatable bonds is 31. The standard InChI is InChI=1S/C34H69N2O6P/c1-6-8-10-12-13-14-15-16-17-18-19-20-21-22-23-24-26-28-34(38)35-32(33(37)27-25-11-9-7-2)31-42-43(39,40)41-30-29-36(3,4)5/h25,27,32-33,37H,6-24,26,28-31H2,1-5H3,(H-,35,38,39,40)/p+1/b27-25+. The molecular formula is C34H70N2O6P+. The molecule has 0 bridgehead atoms. The highest BCUT2D eigenvalue weighted by molar-refractivity contribution is 7.47. The summed E-state index contributed by atoms with van der Waals surface area (Å²) < 4.78 is 23.2. The Bertz CT molecular complexity index is 728. The molecule has 0 heterocycles. The monoisotopic (exact) mass is 633 g/mol. The Morgan fingerprint density at radius 2 is 1.23 bits per heavy atom. The zero-order chi connectivity index (χ0) is 32.2. The summed E-state index contributed by atoms with van der Waals surface area (Å²) in [5, 5.41) is 13.5. The van der Waals surface area contributed by atoms with E-state index in [0.29, 0.717) is 17.4 Å². The number of nitrogens with zero attached hydrogens (tertiary/aromatic N) is 1. The van der Waals surface area contributed by atoms with Gasteiger partial charge in [0.2, 0.25) is 5.91 Å². The molecule has 0 aliphatic rings. The van der Waals surface area contributed by atoms with Gasteiger partial charge in [-0.2, -0.15) is 0 Å². The van der Waals surface area contributed by atoms with Gasteiger partial charge in [-0.15, -0.1) is 0 Å². The van der Waals surface area contributed by atoms with E-state index in [2.05, 4.69) is 19.2 Å². The van der Waals surface area contributed by atoms with E-state index >= 15 is 0 Å². The Hall–Kier alpha value is -0.760. The highest BCUT2D eigenvalue weighted by atomic mass is 31.2. The van der Waals surface area contributed by atoms with Crippen molar-refractivity contribution in [2.45, 2.75) is 161 Å². The van der Waals surface area contributed by atoms with Crippen molar-refractivity contribution >= 4 is 13.7 Å². The summed E-state index contributed by atoms with van der Waals surface area (Å²) in [6.07, 6.45) is 27.6. The zero-order valence-corrected chi connectivity index (χ0v) is 29.6. The van der Waals surface area contributed by atoms with Gasteiger partial charge in [0.25, 0.3) is 0 Å². The van der Waals surface area contributed by atoms with Crippen molar-refractivity contribution in [3.8, 4) is 0 Å². The molecule has 0 saturated carbocycles. The van der Waals surface area contributed by atoms with Crippen LogP contribution in [0.3, 0.4) is 0 Å². The molecule has 0 saturated heterocycles. The molecule has 0 radical (unpaired) electrons. The maximum atomic E-state index is 12.6. The predicted octanol–water partition coefficient (Wildman–Crippen LogP) is 8.46. The normalized spacial score (nSPS) is 15.0. The first-order valence-electron chi connectivity index (χ1n) is 17.6. The molecule has 256 valence electrons. The topological polar surface area (TPSA) is 105 Å². The van der Waals surface area contributed by atoms with Crippen LogP contribution in [0.5, 0.6) is 0 Å². The number of unbranched alkanes of at least 4 members (excludes halogenated alkanes) is 18. The molecule has 0 aliphatic carbocycles. The molecule has 0 aliphatic heterocycles. The Labute approximate surface area is 265 Å². The van der Waals surface area contributed by atoms with Crippen LogP contribution in [0.2, 0.25) is 0 Å². The summed E-state index contributed by atoms with van der Waals surface area (Å²) in [5.74, 6) is -0.186. The van der Waals surface area contributed by atoms with Gasteiger partial charge < -0.3 is 19.8 Å². The summed E-state index contributed by atoms with van der Waals surface area (Å²) in [5.41, 5.74) is 0. The Morgan fingerprint density at radius 3 is 1.70 bits per heavy atom. The summed E-state index contributed by atoms with van der Waals surface area (Å²) >= 11 is 0. The predicted molar refractivity (Wildman–Crippen MR) is 180 cm³/mol. The number of amides is 1. The number of phosphoric acid groups is 1. The van der Waals surface area contributed by atoms with Gasteiger partial charge in [-0.1, -0.05) is 142 Å². The number of hydrogen-bond acceptors (Lipinski definition) is 5. The molecular weight excluding hydrogens is 563 g/mol. The molecule has 43 heavy (non-hydrogen) atoms. The quantitative estimate of drug-likeness (QED) is 0.0306. The molecule has 0 aromatic rings. The first kappa shape index (κ1) is 42.2. The number of carbonyl (C=O) groups excluding carboxylic acids is 1. The van der Waals surface area contributed by atoms with E-state index < -0.39 is 20.0 Å². The van der Waals surface area contributed by atoms with Crippen molar-refractivity contribution in [3.63, 3.8) is 0 Å². The van der Waals surface area contributed by atoms with Crippen LogP contribution in [0.25, 0.3) is 0 Å². The number of aliphatic hydroxyl groups is 1. The zero-order valence-electron chi connectivity index (χ0n) is 28.7. The highest BCUT2D eigenvalue weighted by Crippen LogP contribution is 2.43. The van der Waals surface area contributed by atoms with Crippen LogP contribution in [0.1, 0.15) is 149 Å². The van der Waals surface area contributed by atoms with Crippen LogP contribution in [0.15, 0.2) is 12.2 Å². The first-order valence-corrected chi connectivity index (χ1v) is 19.1. The second-order valence-electron chi connectivity index (χ2n) is 13.3. The van der Waals surface area contributed by atoms with Crippen molar-refractivity contribution in [3.05, 3.63) is 12.2 Å². The van der Waals surface area contributed by atoms with Crippen molar-refractivity contribution in [2.75, 3.05) is 40.9 Å². The molecule has 0 rings (SSSR count). The number of aliphatic hydroxyl groups excluding tert-OH is 1. The average Bonchev–Trinajstić information content (AvgIpc) is 2.94. The Balaban J connectivity index is 4.19. The first-order chi connectivity index (χ1) is 20.5. The van der Waals surface area contributed by atoms with Gasteiger partial charge >= 0.3 is 7.82 Å². The minimum absolute atomic E-state index is 0.0626. The van der Waals surface area contributed by atoms with Crippen molar-refractivity contribution in [1.29, 1.82) is 0 Å². The van der Waals surface area contributed by atoms with Crippen molar-refractivity contribution < 1.29 is 32.9 Å². The van der Waals surface area contributed by atoms with Gasteiger partial charge in [-0.05, 0) is 12.8 Å². The Kier molecular flexibility index (Phi) is 27.1. The number of allylic oxidation sites excluding steroid dienone is 1. The third-order valence-corrected chi connectivity index (χ3v) is 8.74. The number of hydrogen-bond donors (Lipinski definition) is 3. The molecule has 3 atom stereocenters. The summed E-state index contributed by atoms with van der Waals surface area (Å²) in [6.45, 7) is 4.65. The van der Waals surface area contributed by atoms with Gasteiger partial charge in [-0.3, -0.25) is 13.8 Å². The van der Waals surface area contributed by atoms with Crippen LogP contribution in [-0.2, 0) is 18.4 Å². The fraction of sp³-hybridized carbons (Fsp3) is 0.912. The number of likely N-dealkylation sites (N-methyl/N-ethyl adjacent to an activating group) is 1. The van der Waals surface area contributed by atoms with E-state index in [0.717, 1.165) is 38.5 Å². The average molecular weight is 634 g/mol. The van der Waals surface area contributed by atoms with Crippen LogP contribution >= 0.6 is 7.82 Å². The van der Waals surface area contributed by atoms with E-state index in [1.54, 1.807) is 6.08 Å². The number of phosphoric ester groups is 1. The second kappa shape index (κ2) is 27.5. The van der Waals surface area contributed by atoms with E-state index in [-0.39, 0.29) is 19.1 Å². The minimum atomic E-state index is -4.30. The molecule has 1 amide bonds. The fourth-order valence-corrected chi connectivity index (χ4v) is 5.58. The van der Waals surface area contributed by atoms with E-state index in [9.17, 15) is 19.4 Å². The summed E-state index contributed by atoms with van der Waals surface area (Å²) in [6, 6.07) is -0.835. The molecule has 0 aromatic carbocycles. The number of nitrogens with one attached hydrogen (secondary N) is 1. The SMILES string of the molecule is CCCC/C=C/C(O)C(COP(=O)(O)OCC[N+](C)(C)C)NC(=O)CCCCCCCCCCCCCCCCCCC. The van der Waals surface area contributed by atoms with Gasteiger partial charge in [0.1, 0.15) is 13.2 Å². The van der Waals surface area contributed by atoms with E-state index in [1.807, 2.05) is 27.2 Å². The summed E-state index contributed by atoms with van der Waals surface area (Å²) in [4.78, 5) is 22.7. The lowest BCUT2D eigenvalue weighted by Gasteiger charge is -2.25. The number of quaternary nitrogens is 1. The van der Waals surface area contributed by atoms with Crippen molar-refractivity contribution in [1.82, 2.24) is 5.32 Å². The van der Waals surface area contributed by atoms with Crippen LogP contribution in [0, 0.1) is 0 Å². The maximum absolute atomic E-state index is 12.6. The van der Waals surface area contributed by atoms with Gasteiger partial charge in [0.15, 0.2) is 0 Å². The van der Waals surface area contributed by atoms with Crippen molar-refractivity contribution in [2.24, 2.45) is 0 Å². The second-order valence-corrected chi connectivity index (χ2v) is 14.7. The third kappa shape index (κ3) is 29.7. The molecule has 0 aromatic heterocycles. The van der Waals surface area contributed by atoms with Gasteiger partial charge in [0.05, 0.1) is 39.9 Å². The highest BCUT2D eigenvalue weighted by Gasteiger charge is 2.27. The lowest BCUT2D eigenvalue weighted by atomic mass is 10.0. The maximum Gasteiger partial charge on any atom is 0.472 e. The number of carbonyl (C=O) groups is 1. The van der Waals surface area contributed by atoms with Crippen LogP contribution in [-0.4, -0.2) is 73.4 Å². The molecule has 0 spiro atoms. The summed E-state index contributed by atoms with van der Waals surface area (Å²) in [7, 11) is 1.57. The molecule has 0 fully saturated rings. The smallest absolute Gasteiger partial charge is 0.387 e. The fourth-order valence-electron chi connectivity index (χ4n) is 4.85. The van der Waals surface area contributed by atoms with E-state index in [1.165, 1.54) is 89.9 Å². The Morgan fingerprint density at radius 1 is 0.767 bits per heavy atom. The molecule has 3 unspecified atom stereocenters. The lowest BCUT2D eigenvalue weighted by Crippen LogP contribution is -2.45. The van der Waals surface area contributed by atoms with Crippen LogP contribution < -0.4 is 5.32 Å². The lowest BCUT2D eigenvalue weighted by molar-refractivity contribution is -0.870. The minimum Gasteiger partial charge on any atom is -0.387 e. The van der Waals surface area contributed by atoms with Gasteiger partial charge in [0, 0.05) is 6.42 Å². The van der Waals surface area contributed by atoms with E-state index in [4.69, 9.17) is 9.05 Å².